The van der Waals surface area contributed by atoms with Crippen molar-refractivity contribution >= 4 is 59.6 Å². The lowest BCUT2D eigenvalue weighted by Crippen LogP contribution is -2.27. The lowest BCUT2D eigenvalue weighted by Gasteiger charge is -2.22. The second-order valence-electron chi connectivity index (χ2n) is 12.9. The van der Waals surface area contributed by atoms with E-state index in [4.69, 9.17) is 0 Å². The van der Waals surface area contributed by atoms with Crippen molar-refractivity contribution in [3.8, 4) is 16.8 Å². The number of hydrogen-bond donors (Lipinski definition) is 0. The number of benzene rings is 6. The van der Waals surface area contributed by atoms with Crippen LogP contribution in [0.15, 0.2) is 131 Å². The van der Waals surface area contributed by atoms with Crippen LogP contribution < -0.4 is 11.1 Å². The average molecular weight is 579 g/mol. The summed E-state index contributed by atoms with van der Waals surface area (Å²) in [6.45, 7) is 4.63. The summed E-state index contributed by atoms with van der Waals surface area (Å²) in [6.07, 6.45) is 0. The van der Waals surface area contributed by atoms with Crippen LogP contribution in [0.2, 0.25) is 0 Å². The number of pyridine rings is 2. The number of aromatic nitrogens is 2. The van der Waals surface area contributed by atoms with Crippen LogP contribution in [0.5, 0.6) is 0 Å². The third-order valence-corrected chi connectivity index (χ3v) is 10.3. The van der Waals surface area contributed by atoms with Crippen molar-refractivity contribution in [2.75, 3.05) is 0 Å². The van der Waals surface area contributed by atoms with Gasteiger partial charge in [-0.05, 0) is 75.5 Å². The van der Waals surface area contributed by atoms with E-state index < -0.39 is 0 Å². The van der Waals surface area contributed by atoms with E-state index in [0.717, 1.165) is 38.3 Å². The van der Waals surface area contributed by atoms with Crippen molar-refractivity contribution in [2.24, 2.45) is 0 Å². The van der Waals surface area contributed by atoms with E-state index in [1.807, 2.05) is 48.5 Å². The Kier molecular flexibility index (Phi) is 4.52. The van der Waals surface area contributed by atoms with Gasteiger partial charge < -0.3 is 4.57 Å². The maximum absolute atomic E-state index is 13.8. The predicted octanol–water partition coefficient (Wildman–Crippen LogP) is 8.96. The van der Waals surface area contributed by atoms with Gasteiger partial charge in [-0.15, -0.1) is 0 Å². The van der Waals surface area contributed by atoms with Crippen molar-refractivity contribution in [2.45, 2.75) is 19.3 Å². The minimum Gasteiger partial charge on any atom is -0.309 e. The van der Waals surface area contributed by atoms with E-state index in [1.165, 1.54) is 37.4 Å². The number of nitrogens with zero attached hydrogens (tertiary/aromatic N) is 2. The van der Waals surface area contributed by atoms with Crippen LogP contribution in [-0.4, -0.2) is 8.97 Å². The van der Waals surface area contributed by atoms with Crippen molar-refractivity contribution in [1.29, 1.82) is 0 Å². The van der Waals surface area contributed by atoms with Crippen LogP contribution in [0.3, 0.4) is 0 Å². The summed E-state index contributed by atoms with van der Waals surface area (Å²) >= 11 is 0. The Hall–Kier alpha value is -5.74. The fourth-order valence-corrected chi connectivity index (χ4v) is 8.19. The van der Waals surface area contributed by atoms with Gasteiger partial charge in [-0.1, -0.05) is 92.7 Å². The van der Waals surface area contributed by atoms with E-state index in [-0.39, 0.29) is 16.5 Å². The Labute approximate surface area is 257 Å². The van der Waals surface area contributed by atoms with Crippen LogP contribution >= 0.6 is 0 Å². The number of para-hydroxylation sites is 1. The van der Waals surface area contributed by atoms with Gasteiger partial charge in [0.2, 0.25) is 0 Å². The highest BCUT2D eigenvalue weighted by Gasteiger charge is 2.36. The van der Waals surface area contributed by atoms with Crippen LogP contribution in [-0.2, 0) is 5.41 Å². The number of fused-ring (bicyclic) bond motifs is 10. The van der Waals surface area contributed by atoms with Gasteiger partial charge in [0.1, 0.15) is 0 Å². The zero-order chi connectivity index (χ0) is 30.2. The molecule has 1 aliphatic rings. The quantitative estimate of drug-likeness (QED) is 0.144. The lowest BCUT2D eigenvalue weighted by molar-refractivity contribution is 0.661. The molecular weight excluding hydrogens is 552 g/mol. The molecule has 3 aromatic heterocycles. The third-order valence-electron chi connectivity index (χ3n) is 10.3. The van der Waals surface area contributed by atoms with Gasteiger partial charge in [0.05, 0.1) is 16.6 Å². The molecule has 9 aromatic rings. The topological polar surface area (TPSA) is 43.5 Å². The second kappa shape index (κ2) is 8.25. The van der Waals surface area contributed by atoms with Gasteiger partial charge in [-0.25, -0.2) is 4.40 Å². The summed E-state index contributed by atoms with van der Waals surface area (Å²) in [5, 5.41) is 6.96. The normalized spacial score (nSPS) is 13.9. The summed E-state index contributed by atoms with van der Waals surface area (Å²) < 4.78 is 3.75. The van der Waals surface area contributed by atoms with Gasteiger partial charge in [-0.3, -0.25) is 9.59 Å². The first-order valence-corrected chi connectivity index (χ1v) is 15.4. The maximum Gasteiger partial charge on any atom is 0.266 e. The molecule has 10 rings (SSSR count). The third kappa shape index (κ3) is 2.96. The standard InChI is InChI=1S/C41H26N2O2/c1-41(2)34-17-9-7-13-26(34)30-21-31-27-14-8-10-18-36(27)42(37(31)22-35(30)41)23-19-32-24-11-3-5-15-28(24)39(44)43-38(32)33(20-23)25-12-4-6-16-29(25)40(43)45/h3-22H,1-2H3. The second-order valence-corrected chi connectivity index (χ2v) is 12.9. The highest BCUT2D eigenvalue weighted by molar-refractivity contribution is 6.19. The summed E-state index contributed by atoms with van der Waals surface area (Å²) in [5.74, 6) is 0. The molecule has 0 unspecified atom stereocenters. The van der Waals surface area contributed by atoms with Gasteiger partial charge in [-0.2, -0.15) is 0 Å². The lowest BCUT2D eigenvalue weighted by atomic mass is 9.82. The minimum atomic E-state index is -0.277. The summed E-state index contributed by atoms with van der Waals surface area (Å²) in [5.41, 5.74) is 8.50. The van der Waals surface area contributed by atoms with Crippen LogP contribution in [0.4, 0.5) is 0 Å². The van der Waals surface area contributed by atoms with Crippen LogP contribution in [0.25, 0.3) is 76.5 Å². The number of rotatable bonds is 1. The smallest absolute Gasteiger partial charge is 0.266 e. The first-order chi connectivity index (χ1) is 21.9. The fraction of sp³-hybridized carbons (Fsp3) is 0.0732. The molecular formula is C41H26N2O2. The Morgan fingerprint density at radius 2 is 1.02 bits per heavy atom. The number of hydrogen-bond acceptors (Lipinski definition) is 2. The van der Waals surface area contributed by atoms with Gasteiger partial charge in [0.25, 0.3) is 11.1 Å². The largest absolute Gasteiger partial charge is 0.309 e. The summed E-state index contributed by atoms with van der Waals surface area (Å²) in [4.78, 5) is 27.7. The fourth-order valence-electron chi connectivity index (χ4n) is 8.19. The molecule has 0 saturated heterocycles. The van der Waals surface area contributed by atoms with Crippen molar-refractivity contribution in [3.63, 3.8) is 0 Å². The minimum absolute atomic E-state index is 0.137. The monoisotopic (exact) mass is 578 g/mol. The van der Waals surface area contributed by atoms with Crippen molar-refractivity contribution in [3.05, 3.63) is 153 Å². The Bertz CT molecular complexity index is 2790. The molecule has 0 N–H and O–H groups in total. The van der Waals surface area contributed by atoms with E-state index >= 15 is 0 Å². The van der Waals surface area contributed by atoms with Gasteiger partial charge in [0, 0.05) is 43.4 Å². The molecule has 3 heterocycles. The molecule has 4 heteroatoms. The summed E-state index contributed by atoms with van der Waals surface area (Å²) in [6, 6.07) is 41.7. The van der Waals surface area contributed by atoms with Crippen LogP contribution in [0.1, 0.15) is 25.0 Å². The van der Waals surface area contributed by atoms with E-state index in [9.17, 15) is 9.59 Å². The van der Waals surface area contributed by atoms with E-state index in [0.29, 0.717) is 16.3 Å². The zero-order valence-corrected chi connectivity index (χ0v) is 24.8. The van der Waals surface area contributed by atoms with E-state index in [2.05, 4.69) is 91.2 Å². The van der Waals surface area contributed by atoms with Crippen molar-refractivity contribution < 1.29 is 0 Å². The molecule has 212 valence electrons. The molecule has 0 aliphatic heterocycles. The Balaban J connectivity index is 1.42. The molecule has 0 amide bonds. The molecule has 0 spiro atoms. The highest BCUT2D eigenvalue weighted by Crippen LogP contribution is 2.51. The van der Waals surface area contributed by atoms with Crippen molar-refractivity contribution in [1.82, 2.24) is 8.97 Å². The predicted molar refractivity (Wildman–Crippen MR) is 186 cm³/mol. The summed E-state index contributed by atoms with van der Waals surface area (Å²) in [7, 11) is 0. The molecule has 6 aromatic carbocycles. The molecule has 0 saturated carbocycles. The molecule has 0 fully saturated rings. The average Bonchev–Trinajstić information content (AvgIpc) is 3.51. The molecule has 45 heavy (non-hydrogen) atoms. The molecule has 0 radical (unpaired) electrons. The maximum atomic E-state index is 13.8. The van der Waals surface area contributed by atoms with E-state index in [1.54, 1.807) is 0 Å². The first kappa shape index (κ1) is 24.7. The SMILES string of the molecule is CC1(C)c2ccccc2-c2cc3c4ccccc4n(-c4cc5c6ccccc6c(=O)n6c(=O)c7ccccc7c(c4)c56)c3cc21. The Morgan fingerprint density at radius 3 is 1.69 bits per heavy atom. The molecule has 0 atom stereocenters. The molecule has 0 bridgehead atoms. The highest BCUT2D eigenvalue weighted by atomic mass is 16.2. The first-order valence-electron chi connectivity index (χ1n) is 15.4. The van der Waals surface area contributed by atoms with Crippen LogP contribution in [0, 0.1) is 0 Å². The molecule has 4 nitrogen and oxygen atoms in total. The van der Waals surface area contributed by atoms with Gasteiger partial charge >= 0.3 is 0 Å². The Morgan fingerprint density at radius 1 is 0.467 bits per heavy atom. The van der Waals surface area contributed by atoms with Gasteiger partial charge in [0.15, 0.2) is 0 Å². The molecule has 1 aliphatic carbocycles. The zero-order valence-electron chi connectivity index (χ0n) is 24.8.